The van der Waals surface area contributed by atoms with Gasteiger partial charge in [0, 0.05) is 25.3 Å². The quantitative estimate of drug-likeness (QED) is 0.901. The molecule has 1 aliphatic carbocycles. The molecule has 116 valence electrons. The van der Waals surface area contributed by atoms with Crippen molar-refractivity contribution < 1.29 is 4.39 Å². The van der Waals surface area contributed by atoms with Crippen LogP contribution in [0, 0.1) is 11.2 Å². The minimum absolute atomic E-state index is 0.134. The van der Waals surface area contributed by atoms with Crippen LogP contribution in [0.3, 0.4) is 0 Å². The van der Waals surface area contributed by atoms with E-state index in [0.29, 0.717) is 5.41 Å². The normalized spacial score (nSPS) is 21.7. The average molecular weight is 290 g/mol. The first-order valence-corrected chi connectivity index (χ1v) is 8.40. The Morgan fingerprint density at radius 2 is 1.81 bits per heavy atom. The molecule has 1 saturated heterocycles. The molecule has 0 amide bonds. The van der Waals surface area contributed by atoms with Crippen LogP contribution in [0.2, 0.25) is 0 Å². The number of rotatable bonds is 3. The van der Waals surface area contributed by atoms with Gasteiger partial charge in [-0.1, -0.05) is 19.3 Å². The predicted molar refractivity (Wildman–Crippen MR) is 86.1 cm³/mol. The van der Waals surface area contributed by atoms with Gasteiger partial charge in [0.1, 0.15) is 5.82 Å². The molecule has 0 aromatic heterocycles. The maximum Gasteiger partial charge on any atom is 0.123 e. The summed E-state index contributed by atoms with van der Waals surface area (Å²) in [7, 11) is 1.92. The van der Waals surface area contributed by atoms with Crippen LogP contribution in [0.15, 0.2) is 18.2 Å². The third-order valence-electron chi connectivity index (χ3n) is 5.49. The van der Waals surface area contributed by atoms with Crippen molar-refractivity contribution in [1.82, 2.24) is 5.32 Å². The van der Waals surface area contributed by atoms with Crippen LogP contribution in [0.5, 0.6) is 0 Å². The van der Waals surface area contributed by atoms with Gasteiger partial charge < -0.3 is 10.2 Å². The van der Waals surface area contributed by atoms with E-state index in [2.05, 4.69) is 10.2 Å². The van der Waals surface area contributed by atoms with Crippen molar-refractivity contribution in [3.63, 3.8) is 0 Å². The van der Waals surface area contributed by atoms with Gasteiger partial charge in [0.2, 0.25) is 0 Å². The molecule has 1 heterocycles. The Morgan fingerprint density at radius 3 is 2.48 bits per heavy atom. The van der Waals surface area contributed by atoms with E-state index in [1.54, 1.807) is 12.1 Å². The summed E-state index contributed by atoms with van der Waals surface area (Å²) >= 11 is 0. The third-order valence-corrected chi connectivity index (χ3v) is 5.49. The highest BCUT2D eigenvalue weighted by Gasteiger charge is 2.35. The summed E-state index contributed by atoms with van der Waals surface area (Å²) in [5.41, 5.74) is 2.92. The average Bonchev–Trinajstić information content (AvgIpc) is 2.50. The van der Waals surface area contributed by atoms with Crippen molar-refractivity contribution in [2.75, 3.05) is 25.0 Å². The van der Waals surface area contributed by atoms with E-state index in [0.717, 1.165) is 25.2 Å². The van der Waals surface area contributed by atoms with Crippen LogP contribution in [-0.2, 0) is 6.54 Å². The van der Waals surface area contributed by atoms with Gasteiger partial charge in [0.05, 0.1) is 0 Å². The minimum atomic E-state index is -0.134. The van der Waals surface area contributed by atoms with Gasteiger partial charge in [-0.25, -0.2) is 4.39 Å². The van der Waals surface area contributed by atoms with Crippen molar-refractivity contribution in [2.45, 2.75) is 51.5 Å². The molecule has 0 bridgehead atoms. The molecule has 0 radical (unpaired) electrons. The minimum Gasteiger partial charge on any atom is -0.371 e. The van der Waals surface area contributed by atoms with Gasteiger partial charge in [0.25, 0.3) is 0 Å². The highest BCUT2D eigenvalue weighted by Crippen LogP contribution is 2.45. The zero-order chi connectivity index (χ0) is 14.7. The number of anilines is 1. The number of hydrogen-bond acceptors (Lipinski definition) is 2. The molecular formula is C18H27FN2. The van der Waals surface area contributed by atoms with Crippen LogP contribution in [0.1, 0.15) is 50.5 Å². The van der Waals surface area contributed by atoms with Crippen molar-refractivity contribution in [3.8, 4) is 0 Å². The fraction of sp³-hybridized carbons (Fsp3) is 0.667. The Kier molecular flexibility index (Phi) is 4.48. The molecule has 0 atom stereocenters. The molecule has 1 saturated carbocycles. The first-order chi connectivity index (χ1) is 10.2. The predicted octanol–water partition coefficient (Wildman–Crippen LogP) is 4.10. The lowest BCUT2D eigenvalue weighted by Crippen LogP contribution is -2.41. The van der Waals surface area contributed by atoms with E-state index >= 15 is 0 Å². The smallest absolute Gasteiger partial charge is 0.123 e. The molecule has 1 aromatic carbocycles. The molecule has 3 heteroatoms. The van der Waals surface area contributed by atoms with Crippen LogP contribution in [0.25, 0.3) is 0 Å². The molecule has 2 aliphatic rings. The number of halogens is 1. The first kappa shape index (κ1) is 14.8. The van der Waals surface area contributed by atoms with E-state index in [1.165, 1.54) is 50.6 Å². The summed E-state index contributed by atoms with van der Waals surface area (Å²) in [6, 6.07) is 5.23. The number of piperidine rings is 1. The second-order valence-electron chi connectivity index (χ2n) is 6.85. The molecule has 0 unspecified atom stereocenters. The number of benzene rings is 1. The highest BCUT2D eigenvalue weighted by atomic mass is 19.1. The van der Waals surface area contributed by atoms with Crippen LogP contribution in [-0.4, -0.2) is 20.1 Å². The molecule has 2 fully saturated rings. The van der Waals surface area contributed by atoms with Crippen LogP contribution < -0.4 is 10.2 Å². The maximum absolute atomic E-state index is 13.5. The lowest BCUT2D eigenvalue weighted by Gasteiger charge is -2.45. The summed E-state index contributed by atoms with van der Waals surface area (Å²) in [5, 5.41) is 3.15. The van der Waals surface area contributed by atoms with Gasteiger partial charge in [-0.2, -0.15) is 0 Å². The van der Waals surface area contributed by atoms with Gasteiger partial charge >= 0.3 is 0 Å². The van der Waals surface area contributed by atoms with Gasteiger partial charge in [-0.15, -0.1) is 0 Å². The van der Waals surface area contributed by atoms with Crippen molar-refractivity contribution in [2.24, 2.45) is 5.41 Å². The molecule has 1 aliphatic heterocycles. The fourth-order valence-corrected chi connectivity index (χ4v) is 4.22. The largest absolute Gasteiger partial charge is 0.371 e. The molecule has 3 rings (SSSR count). The second-order valence-corrected chi connectivity index (χ2v) is 6.85. The molecular weight excluding hydrogens is 263 g/mol. The molecule has 1 spiro atoms. The summed E-state index contributed by atoms with van der Waals surface area (Å²) in [5.74, 6) is -0.134. The van der Waals surface area contributed by atoms with Crippen molar-refractivity contribution >= 4 is 5.69 Å². The molecule has 2 nitrogen and oxygen atoms in total. The van der Waals surface area contributed by atoms with Gasteiger partial charge in [-0.05, 0) is 61.9 Å². The topological polar surface area (TPSA) is 15.3 Å². The Bertz CT molecular complexity index is 470. The standard InChI is InChI=1S/C18H27FN2/c1-20-14-15-13-16(19)5-6-17(15)21-11-9-18(10-12-21)7-3-2-4-8-18/h5-6,13,20H,2-4,7-12,14H2,1H3. The Labute approximate surface area is 127 Å². The lowest BCUT2D eigenvalue weighted by atomic mass is 9.68. The lowest BCUT2D eigenvalue weighted by molar-refractivity contribution is 0.144. The molecule has 1 aromatic rings. The van der Waals surface area contributed by atoms with Crippen molar-refractivity contribution in [1.29, 1.82) is 0 Å². The van der Waals surface area contributed by atoms with E-state index in [-0.39, 0.29) is 5.82 Å². The first-order valence-electron chi connectivity index (χ1n) is 8.40. The SMILES string of the molecule is CNCc1cc(F)ccc1N1CCC2(CCCCC2)CC1. The number of hydrogen-bond donors (Lipinski definition) is 1. The number of nitrogens with zero attached hydrogens (tertiary/aromatic N) is 1. The second kappa shape index (κ2) is 6.35. The fourth-order valence-electron chi connectivity index (χ4n) is 4.22. The molecule has 21 heavy (non-hydrogen) atoms. The van der Waals surface area contributed by atoms with Gasteiger partial charge in [-0.3, -0.25) is 0 Å². The van der Waals surface area contributed by atoms with E-state index in [9.17, 15) is 4.39 Å². The highest BCUT2D eigenvalue weighted by molar-refractivity contribution is 5.54. The zero-order valence-electron chi connectivity index (χ0n) is 13.1. The number of nitrogens with one attached hydrogen (secondary N) is 1. The monoisotopic (exact) mass is 290 g/mol. The zero-order valence-corrected chi connectivity index (χ0v) is 13.1. The maximum atomic E-state index is 13.5. The van der Waals surface area contributed by atoms with Crippen LogP contribution in [0.4, 0.5) is 10.1 Å². The summed E-state index contributed by atoms with van der Waals surface area (Å²) < 4.78 is 13.5. The third kappa shape index (κ3) is 3.23. The summed E-state index contributed by atoms with van der Waals surface area (Å²) in [6.45, 7) is 2.99. The summed E-state index contributed by atoms with van der Waals surface area (Å²) in [6.07, 6.45) is 9.73. The van der Waals surface area contributed by atoms with Crippen molar-refractivity contribution in [3.05, 3.63) is 29.6 Å². The Morgan fingerprint density at radius 1 is 1.10 bits per heavy atom. The van der Waals surface area contributed by atoms with E-state index in [1.807, 2.05) is 13.1 Å². The van der Waals surface area contributed by atoms with E-state index < -0.39 is 0 Å². The summed E-state index contributed by atoms with van der Waals surface area (Å²) in [4.78, 5) is 2.46. The Hall–Kier alpha value is -1.09. The molecule has 1 N–H and O–H groups in total. The Balaban J connectivity index is 1.71. The van der Waals surface area contributed by atoms with E-state index in [4.69, 9.17) is 0 Å². The van der Waals surface area contributed by atoms with Crippen LogP contribution >= 0.6 is 0 Å². The van der Waals surface area contributed by atoms with Gasteiger partial charge in [0.15, 0.2) is 0 Å².